The number of carbonyl (C=O) groups excluding carboxylic acids is 1. The van der Waals surface area contributed by atoms with E-state index in [1.807, 2.05) is 0 Å². The van der Waals surface area contributed by atoms with E-state index in [1.165, 1.54) is 7.11 Å². The molecule has 0 aromatic carbocycles. The molecule has 0 unspecified atom stereocenters. The van der Waals surface area contributed by atoms with Gasteiger partial charge < -0.3 is 21.3 Å². The van der Waals surface area contributed by atoms with Crippen molar-refractivity contribution in [3.8, 4) is 0 Å². The SMILES string of the molecule is COC(=O)[C@H](CO)N=C(N)N. The van der Waals surface area contributed by atoms with Crippen molar-refractivity contribution >= 4 is 11.9 Å². The predicted octanol–water partition coefficient (Wildman–Crippen LogP) is -2.21. The summed E-state index contributed by atoms with van der Waals surface area (Å²) in [7, 11) is 1.19. The topological polar surface area (TPSA) is 111 Å². The van der Waals surface area contributed by atoms with Gasteiger partial charge in [0, 0.05) is 0 Å². The number of aliphatic imine (C=N–C) groups is 1. The van der Waals surface area contributed by atoms with E-state index in [0.29, 0.717) is 0 Å². The van der Waals surface area contributed by atoms with E-state index in [-0.39, 0.29) is 5.96 Å². The van der Waals surface area contributed by atoms with Gasteiger partial charge in [0.05, 0.1) is 13.7 Å². The number of ether oxygens (including phenoxy) is 1. The molecule has 0 rings (SSSR count). The van der Waals surface area contributed by atoms with E-state index in [2.05, 4.69) is 9.73 Å². The number of nitrogens with two attached hydrogens (primary N) is 2. The van der Waals surface area contributed by atoms with E-state index in [4.69, 9.17) is 16.6 Å². The van der Waals surface area contributed by atoms with Gasteiger partial charge >= 0.3 is 5.97 Å². The number of hydrogen-bond donors (Lipinski definition) is 3. The maximum absolute atomic E-state index is 10.7. The molecule has 0 aliphatic heterocycles. The van der Waals surface area contributed by atoms with E-state index in [1.54, 1.807) is 0 Å². The van der Waals surface area contributed by atoms with Gasteiger partial charge in [-0.25, -0.2) is 9.79 Å². The molecule has 0 aliphatic carbocycles. The van der Waals surface area contributed by atoms with Crippen LogP contribution in [0, 0.1) is 0 Å². The minimum atomic E-state index is -1.01. The fourth-order valence-corrected chi connectivity index (χ4v) is 0.484. The quantitative estimate of drug-likeness (QED) is 0.247. The van der Waals surface area contributed by atoms with Crippen LogP contribution in [-0.4, -0.2) is 36.8 Å². The second kappa shape index (κ2) is 4.51. The first kappa shape index (κ1) is 9.70. The summed E-state index contributed by atoms with van der Waals surface area (Å²) in [4.78, 5) is 14.1. The van der Waals surface area contributed by atoms with E-state index < -0.39 is 18.6 Å². The molecule has 0 spiro atoms. The summed E-state index contributed by atoms with van der Waals surface area (Å²) in [5, 5.41) is 8.56. The molecular weight excluding hydrogens is 150 g/mol. The van der Waals surface area contributed by atoms with Gasteiger partial charge in [-0.15, -0.1) is 0 Å². The Labute approximate surface area is 63.8 Å². The summed E-state index contributed by atoms with van der Waals surface area (Å²) >= 11 is 0. The number of carbonyl (C=O) groups is 1. The van der Waals surface area contributed by atoms with Crippen LogP contribution in [0.5, 0.6) is 0 Å². The summed E-state index contributed by atoms with van der Waals surface area (Å²) in [6, 6.07) is -1.01. The molecule has 0 aromatic heterocycles. The lowest BCUT2D eigenvalue weighted by Gasteiger charge is -2.05. The lowest BCUT2D eigenvalue weighted by atomic mass is 10.3. The minimum absolute atomic E-state index is 0.255. The van der Waals surface area contributed by atoms with Crippen molar-refractivity contribution in [2.45, 2.75) is 6.04 Å². The van der Waals surface area contributed by atoms with Gasteiger partial charge in [0.1, 0.15) is 0 Å². The molecule has 0 saturated heterocycles. The highest BCUT2D eigenvalue weighted by Crippen LogP contribution is 1.91. The first-order valence-electron chi connectivity index (χ1n) is 2.89. The van der Waals surface area contributed by atoms with Crippen LogP contribution in [0.4, 0.5) is 0 Å². The Kier molecular flexibility index (Phi) is 3.97. The first-order chi connectivity index (χ1) is 5.11. The van der Waals surface area contributed by atoms with Gasteiger partial charge in [0.2, 0.25) is 0 Å². The van der Waals surface area contributed by atoms with E-state index in [0.717, 1.165) is 0 Å². The Morgan fingerprint density at radius 2 is 2.27 bits per heavy atom. The summed E-state index contributed by atoms with van der Waals surface area (Å²) in [6.07, 6.45) is 0. The lowest BCUT2D eigenvalue weighted by Crippen LogP contribution is -2.31. The van der Waals surface area contributed by atoms with Crippen LogP contribution in [0.15, 0.2) is 4.99 Å². The van der Waals surface area contributed by atoms with E-state index in [9.17, 15) is 4.79 Å². The zero-order valence-corrected chi connectivity index (χ0v) is 6.15. The normalized spacial score (nSPS) is 11.8. The highest BCUT2D eigenvalue weighted by atomic mass is 16.5. The second-order valence-corrected chi connectivity index (χ2v) is 1.78. The second-order valence-electron chi connectivity index (χ2n) is 1.78. The van der Waals surface area contributed by atoms with Crippen molar-refractivity contribution in [2.24, 2.45) is 16.5 Å². The summed E-state index contributed by atoms with van der Waals surface area (Å²) < 4.78 is 4.29. The number of guanidine groups is 1. The van der Waals surface area contributed by atoms with Crippen molar-refractivity contribution in [3.05, 3.63) is 0 Å². The average molecular weight is 161 g/mol. The molecule has 0 heterocycles. The van der Waals surface area contributed by atoms with Crippen LogP contribution < -0.4 is 11.5 Å². The predicted molar refractivity (Wildman–Crippen MR) is 38.7 cm³/mol. The highest BCUT2D eigenvalue weighted by Gasteiger charge is 2.16. The Balaban J connectivity index is 4.17. The fourth-order valence-electron chi connectivity index (χ4n) is 0.484. The molecule has 0 bridgehead atoms. The van der Waals surface area contributed by atoms with Crippen LogP contribution in [0.1, 0.15) is 0 Å². The van der Waals surface area contributed by atoms with Crippen LogP contribution in [0.3, 0.4) is 0 Å². The summed E-state index contributed by atoms with van der Waals surface area (Å²) in [6.45, 7) is -0.468. The summed E-state index contributed by atoms with van der Waals surface area (Å²) in [5.41, 5.74) is 9.94. The summed E-state index contributed by atoms with van der Waals surface area (Å²) in [5.74, 6) is -0.921. The largest absolute Gasteiger partial charge is 0.467 e. The van der Waals surface area contributed by atoms with Crippen molar-refractivity contribution in [1.82, 2.24) is 0 Å². The number of aliphatic hydroxyl groups is 1. The highest BCUT2D eigenvalue weighted by molar-refractivity contribution is 5.82. The van der Waals surface area contributed by atoms with Gasteiger partial charge in [-0.1, -0.05) is 0 Å². The number of hydrogen-bond acceptors (Lipinski definition) is 4. The van der Waals surface area contributed by atoms with Crippen LogP contribution in [-0.2, 0) is 9.53 Å². The van der Waals surface area contributed by atoms with Crippen molar-refractivity contribution in [1.29, 1.82) is 0 Å². The maximum Gasteiger partial charge on any atom is 0.333 e. The molecular formula is C5H11N3O3. The Morgan fingerprint density at radius 3 is 2.55 bits per heavy atom. The lowest BCUT2D eigenvalue weighted by molar-refractivity contribution is -0.142. The van der Waals surface area contributed by atoms with Gasteiger partial charge in [-0.3, -0.25) is 0 Å². The number of aliphatic hydroxyl groups excluding tert-OH is 1. The molecule has 0 aliphatic rings. The third-order valence-electron chi connectivity index (χ3n) is 0.951. The van der Waals surface area contributed by atoms with Crippen molar-refractivity contribution in [3.63, 3.8) is 0 Å². The fraction of sp³-hybridized carbons (Fsp3) is 0.600. The Bertz CT molecular complexity index is 164. The number of methoxy groups -OCH3 is 1. The van der Waals surface area contributed by atoms with E-state index >= 15 is 0 Å². The maximum atomic E-state index is 10.7. The molecule has 6 heteroatoms. The first-order valence-corrected chi connectivity index (χ1v) is 2.89. The molecule has 11 heavy (non-hydrogen) atoms. The molecule has 1 atom stereocenters. The monoisotopic (exact) mass is 161 g/mol. The van der Waals surface area contributed by atoms with Crippen LogP contribution >= 0.6 is 0 Å². The molecule has 0 aromatic rings. The Hall–Kier alpha value is -1.30. The number of esters is 1. The van der Waals surface area contributed by atoms with Gasteiger partial charge in [0.25, 0.3) is 0 Å². The average Bonchev–Trinajstić information content (AvgIpc) is 1.98. The smallest absolute Gasteiger partial charge is 0.333 e. The minimum Gasteiger partial charge on any atom is -0.467 e. The molecule has 6 nitrogen and oxygen atoms in total. The van der Waals surface area contributed by atoms with Crippen LogP contribution in [0.2, 0.25) is 0 Å². The zero-order valence-electron chi connectivity index (χ0n) is 6.15. The van der Waals surface area contributed by atoms with Crippen molar-refractivity contribution < 1.29 is 14.6 Å². The molecule has 0 saturated carbocycles. The molecule has 0 fully saturated rings. The van der Waals surface area contributed by atoms with Crippen molar-refractivity contribution in [2.75, 3.05) is 13.7 Å². The number of nitrogens with zero attached hydrogens (tertiary/aromatic N) is 1. The van der Waals surface area contributed by atoms with Crippen LogP contribution in [0.25, 0.3) is 0 Å². The van der Waals surface area contributed by atoms with Gasteiger partial charge in [0.15, 0.2) is 12.0 Å². The van der Waals surface area contributed by atoms with Gasteiger partial charge in [-0.05, 0) is 0 Å². The molecule has 0 radical (unpaired) electrons. The van der Waals surface area contributed by atoms with Gasteiger partial charge in [-0.2, -0.15) is 0 Å². The molecule has 64 valence electrons. The molecule has 0 amide bonds. The number of rotatable bonds is 3. The zero-order chi connectivity index (χ0) is 8.85. The molecule has 5 N–H and O–H groups in total. The standard InChI is InChI=1S/C5H11N3O3/c1-11-4(10)3(2-9)8-5(6)7/h3,9H,2H2,1H3,(H4,6,7,8)/t3-/m0/s1. The Morgan fingerprint density at radius 1 is 1.73 bits per heavy atom. The third-order valence-corrected chi connectivity index (χ3v) is 0.951. The third kappa shape index (κ3) is 3.41.